The van der Waals surface area contributed by atoms with E-state index < -0.39 is 29.4 Å². The van der Waals surface area contributed by atoms with Crippen LogP contribution in [-0.4, -0.2) is 36.5 Å². The lowest BCUT2D eigenvalue weighted by Gasteiger charge is -2.14. The average Bonchev–Trinajstić information content (AvgIpc) is 3.13. The van der Waals surface area contributed by atoms with E-state index in [-0.39, 0.29) is 26.0 Å². The van der Waals surface area contributed by atoms with Gasteiger partial charge >= 0.3 is 6.18 Å². The molecule has 2 N–H and O–H groups in total. The van der Waals surface area contributed by atoms with Crippen molar-refractivity contribution in [3.05, 3.63) is 56.9 Å². The van der Waals surface area contributed by atoms with Crippen molar-refractivity contribution in [1.82, 2.24) is 4.57 Å². The second-order valence-corrected chi connectivity index (χ2v) is 8.54. The van der Waals surface area contributed by atoms with E-state index >= 15 is 0 Å². The molecule has 0 saturated heterocycles. The van der Waals surface area contributed by atoms with Gasteiger partial charge in [0.1, 0.15) is 28.1 Å². The molecule has 0 aliphatic heterocycles. The number of alkyl halides is 4. The van der Waals surface area contributed by atoms with Gasteiger partial charge in [0.15, 0.2) is 3.95 Å². The van der Waals surface area contributed by atoms with Crippen LogP contribution < -0.4 is 20.1 Å². The van der Waals surface area contributed by atoms with Gasteiger partial charge in [0.05, 0.1) is 25.5 Å². The number of carbonyl (C=O) groups is 2. The van der Waals surface area contributed by atoms with E-state index in [2.05, 4.69) is 10.6 Å². The molecule has 3 aromatic rings. The Morgan fingerprint density at radius 3 is 2.47 bits per heavy atom. The monoisotopic (exact) mass is 531 g/mol. The summed E-state index contributed by atoms with van der Waals surface area (Å²) in [5.41, 5.74) is -0.634. The standard InChI is InChI=1S/C21H17ClF3N3O4S2/c1-31-13-6-7-15(32-2)14(9-13)26-19(30)17-18(27-16(29)10-22)28(20(33)34-17)12-5-3-4-11(8-12)21(23,24)25/h3-9H,10H2,1-2H3,(H,26,30)(H,27,29). The van der Waals surface area contributed by atoms with E-state index in [1.165, 1.54) is 37.0 Å². The van der Waals surface area contributed by atoms with Crippen LogP contribution in [0.15, 0.2) is 42.5 Å². The van der Waals surface area contributed by atoms with E-state index in [4.69, 9.17) is 33.3 Å². The highest BCUT2D eigenvalue weighted by atomic mass is 35.5. The van der Waals surface area contributed by atoms with Crippen molar-refractivity contribution in [3.63, 3.8) is 0 Å². The lowest BCUT2D eigenvalue weighted by atomic mass is 10.2. The van der Waals surface area contributed by atoms with Crippen molar-refractivity contribution in [2.75, 3.05) is 30.7 Å². The number of anilines is 2. The molecule has 0 aliphatic carbocycles. The number of thiazole rings is 1. The van der Waals surface area contributed by atoms with Crippen molar-refractivity contribution >= 4 is 58.5 Å². The molecule has 0 radical (unpaired) electrons. The van der Waals surface area contributed by atoms with Crippen molar-refractivity contribution in [2.24, 2.45) is 0 Å². The van der Waals surface area contributed by atoms with Crippen LogP contribution in [0, 0.1) is 3.95 Å². The van der Waals surface area contributed by atoms with Crippen LogP contribution in [0.3, 0.4) is 0 Å². The van der Waals surface area contributed by atoms with Crippen LogP contribution in [0.5, 0.6) is 11.5 Å². The minimum Gasteiger partial charge on any atom is -0.497 e. The van der Waals surface area contributed by atoms with Gasteiger partial charge in [0.2, 0.25) is 5.91 Å². The first-order valence-electron chi connectivity index (χ1n) is 9.41. The van der Waals surface area contributed by atoms with Gasteiger partial charge in [-0.1, -0.05) is 17.4 Å². The summed E-state index contributed by atoms with van der Waals surface area (Å²) in [6, 6.07) is 9.09. The van der Waals surface area contributed by atoms with Crippen molar-refractivity contribution in [1.29, 1.82) is 0 Å². The second kappa shape index (κ2) is 10.5. The Morgan fingerprint density at radius 1 is 1.12 bits per heavy atom. The fourth-order valence-electron chi connectivity index (χ4n) is 2.95. The van der Waals surface area contributed by atoms with Gasteiger partial charge < -0.3 is 20.1 Å². The summed E-state index contributed by atoms with van der Waals surface area (Å²) in [5, 5.41) is 5.12. The first-order valence-corrected chi connectivity index (χ1v) is 11.2. The van der Waals surface area contributed by atoms with Crippen molar-refractivity contribution in [2.45, 2.75) is 6.18 Å². The zero-order chi connectivity index (χ0) is 25.0. The lowest BCUT2D eigenvalue weighted by Crippen LogP contribution is -2.20. The first-order chi connectivity index (χ1) is 16.1. The molecule has 2 aromatic carbocycles. The van der Waals surface area contributed by atoms with Gasteiger partial charge in [-0.05, 0) is 42.5 Å². The first kappa shape index (κ1) is 25.5. The third kappa shape index (κ3) is 5.51. The predicted octanol–water partition coefficient (Wildman–Crippen LogP) is 5.73. The molecule has 2 amide bonds. The Balaban J connectivity index is 2.12. The third-order valence-corrected chi connectivity index (χ3v) is 6.10. The van der Waals surface area contributed by atoms with E-state index in [9.17, 15) is 22.8 Å². The number of ether oxygens (including phenoxy) is 2. The summed E-state index contributed by atoms with van der Waals surface area (Å²) >= 11 is 11.7. The number of amides is 2. The van der Waals surface area contributed by atoms with Crippen molar-refractivity contribution < 1.29 is 32.2 Å². The normalized spacial score (nSPS) is 11.1. The summed E-state index contributed by atoms with van der Waals surface area (Å²) in [4.78, 5) is 25.2. The van der Waals surface area contributed by atoms with Crippen LogP contribution in [0.4, 0.5) is 24.7 Å². The Bertz CT molecular complexity index is 1290. The number of methoxy groups -OCH3 is 2. The van der Waals surface area contributed by atoms with Crippen LogP contribution in [0.1, 0.15) is 15.2 Å². The van der Waals surface area contributed by atoms with Crippen LogP contribution in [-0.2, 0) is 11.0 Å². The quantitative estimate of drug-likeness (QED) is 0.300. The fraction of sp³-hybridized carbons (Fsp3) is 0.190. The SMILES string of the molecule is COc1ccc(OC)c(NC(=O)c2sc(=S)n(-c3cccc(C(F)(F)F)c3)c2NC(=O)CCl)c1. The molecule has 0 saturated carbocycles. The zero-order valence-corrected chi connectivity index (χ0v) is 20.0. The number of rotatable bonds is 7. The molecule has 0 unspecified atom stereocenters. The molecule has 180 valence electrons. The number of nitrogens with one attached hydrogen (secondary N) is 2. The van der Waals surface area contributed by atoms with Gasteiger partial charge in [0.25, 0.3) is 5.91 Å². The van der Waals surface area contributed by atoms with Gasteiger partial charge in [-0.2, -0.15) is 13.2 Å². The molecular weight excluding hydrogens is 515 g/mol. The highest BCUT2D eigenvalue weighted by molar-refractivity contribution is 7.73. The van der Waals surface area contributed by atoms with E-state index in [1.807, 2.05) is 0 Å². The summed E-state index contributed by atoms with van der Waals surface area (Å²) in [7, 11) is 2.87. The van der Waals surface area contributed by atoms with Crippen LogP contribution in [0.25, 0.3) is 5.69 Å². The number of hydrogen-bond donors (Lipinski definition) is 2. The number of aromatic nitrogens is 1. The van der Waals surface area contributed by atoms with Crippen LogP contribution >= 0.6 is 35.2 Å². The molecule has 0 spiro atoms. The predicted molar refractivity (Wildman–Crippen MR) is 126 cm³/mol. The fourth-order valence-corrected chi connectivity index (χ4v) is 4.31. The molecule has 0 atom stereocenters. The summed E-state index contributed by atoms with van der Waals surface area (Å²) in [5.74, 6) is -1.14. The van der Waals surface area contributed by atoms with Crippen molar-refractivity contribution in [3.8, 4) is 17.2 Å². The van der Waals surface area contributed by atoms with Gasteiger partial charge in [0, 0.05) is 11.8 Å². The molecule has 3 rings (SSSR count). The van der Waals surface area contributed by atoms with E-state index in [0.717, 1.165) is 23.5 Å². The van der Waals surface area contributed by atoms with E-state index in [1.54, 1.807) is 12.1 Å². The Labute approximate surface area is 206 Å². The zero-order valence-electron chi connectivity index (χ0n) is 17.7. The highest BCUT2D eigenvalue weighted by Crippen LogP contribution is 2.35. The number of nitrogens with zero attached hydrogens (tertiary/aromatic N) is 1. The highest BCUT2D eigenvalue weighted by Gasteiger charge is 2.31. The largest absolute Gasteiger partial charge is 0.497 e. The number of halogens is 4. The molecule has 0 fully saturated rings. The smallest absolute Gasteiger partial charge is 0.416 e. The molecule has 1 aromatic heterocycles. The maximum Gasteiger partial charge on any atom is 0.416 e. The average molecular weight is 532 g/mol. The maximum atomic E-state index is 13.3. The third-order valence-electron chi connectivity index (χ3n) is 4.48. The summed E-state index contributed by atoms with van der Waals surface area (Å²) < 4.78 is 51.4. The molecule has 0 aliphatic rings. The summed E-state index contributed by atoms with van der Waals surface area (Å²) in [6.45, 7) is 0. The van der Waals surface area contributed by atoms with Gasteiger partial charge in [-0.3, -0.25) is 14.2 Å². The summed E-state index contributed by atoms with van der Waals surface area (Å²) in [6.07, 6.45) is -4.60. The Hall–Kier alpha value is -3.09. The lowest BCUT2D eigenvalue weighted by molar-refractivity contribution is -0.137. The van der Waals surface area contributed by atoms with Crippen LogP contribution in [0.2, 0.25) is 0 Å². The maximum absolute atomic E-state index is 13.3. The molecule has 0 bridgehead atoms. The Kier molecular flexibility index (Phi) is 7.85. The minimum absolute atomic E-state index is 0.0129. The topological polar surface area (TPSA) is 81.6 Å². The molecular formula is C21H17ClF3N3O4S2. The van der Waals surface area contributed by atoms with Gasteiger partial charge in [-0.25, -0.2) is 0 Å². The molecule has 1 heterocycles. The molecule has 7 nitrogen and oxygen atoms in total. The van der Waals surface area contributed by atoms with Gasteiger partial charge in [-0.15, -0.1) is 11.6 Å². The number of hydrogen-bond acceptors (Lipinski definition) is 6. The number of carbonyl (C=O) groups excluding carboxylic acids is 2. The van der Waals surface area contributed by atoms with E-state index in [0.29, 0.717) is 11.5 Å². The molecule has 13 heteroatoms. The number of benzene rings is 2. The minimum atomic E-state index is -4.60. The Morgan fingerprint density at radius 2 is 1.85 bits per heavy atom. The molecule has 34 heavy (non-hydrogen) atoms. The second-order valence-electron chi connectivity index (χ2n) is 6.63.